The second kappa shape index (κ2) is 14.4. The second-order valence-corrected chi connectivity index (χ2v) is 12.7. The third-order valence-corrected chi connectivity index (χ3v) is 8.24. The summed E-state index contributed by atoms with van der Waals surface area (Å²) in [5.74, 6) is -1.62. The molecule has 0 bridgehead atoms. The van der Waals surface area contributed by atoms with E-state index in [2.05, 4.69) is 16.5 Å². The summed E-state index contributed by atoms with van der Waals surface area (Å²) in [4.78, 5) is 32.1. The highest BCUT2D eigenvalue weighted by atomic mass is 32.2. The van der Waals surface area contributed by atoms with Gasteiger partial charge in [0, 0.05) is 43.7 Å². The van der Waals surface area contributed by atoms with Crippen LogP contribution in [0.4, 0.5) is 0 Å². The van der Waals surface area contributed by atoms with Crippen molar-refractivity contribution in [2.45, 2.75) is 51.2 Å². The number of hydrogen-bond donors (Lipinski definition) is 3. The number of nitrogens with zero attached hydrogens (tertiary/aromatic N) is 3. The molecule has 1 saturated heterocycles. The summed E-state index contributed by atoms with van der Waals surface area (Å²) in [6.45, 7) is 4.25. The quantitative estimate of drug-likeness (QED) is 0.256. The van der Waals surface area contributed by atoms with Crippen molar-refractivity contribution in [3.8, 4) is 11.5 Å². The fourth-order valence-corrected chi connectivity index (χ4v) is 6.07. The highest BCUT2D eigenvalue weighted by molar-refractivity contribution is 7.88. The lowest BCUT2D eigenvalue weighted by Gasteiger charge is -2.30. The Bertz CT molecular complexity index is 1130. The molecule has 2 aliphatic rings. The molecule has 226 valence electrons. The van der Waals surface area contributed by atoms with Gasteiger partial charge in [-0.3, -0.25) is 14.5 Å². The topological polar surface area (TPSA) is 149 Å². The monoisotopic (exact) mass is 584 g/mol. The van der Waals surface area contributed by atoms with Crippen molar-refractivity contribution in [2.75, 3.05) is 66.4 Å². The summed E-state index contributed by atoms with van der Waals surface area (Å²) >= 11 is 0. The van der Waals surface area contributed by atoms with E-state index in [4.69, 9.17) is 9.47 Å². The van der Waals surface area contributed by atoms with Gasteiger partial charge >= 0.3 is 5.97 Å². The first-order chi connectivity index (χ1) is 18.9. The average Bonchev–Trinajstić information content (AvgIpc) is 3.49. The van der Waals surface area contributed by atoms with Crippen molar-refractivity contribution >= 4 is 21.9 Å². The molecule has 0 aliphatic carbocycles. The van der Waals surface area contributed by atoms with Gasteiger partial charge in [-0.2, -0.15) is 0 Å². The molecule has 0 aromatic heterocycles. The van der Waals surface area contributed by atoms with Crippen LogP contribution in [0, 0.1) is 5.92 Å². The highest BCUT2D eigenvalue weighted by Crippen LogP contribution is 2.44. The van der Waals surface area contributed by atoms with Gasteiger partial charge in [-0.1, -0.05) is 13.3 Å². The van der Waals surface area contributed by atoms with Gasteiger partial charge in [-0.15, -0.1) is 0 Å². The fourth-order valence-electron chi connectivity index (χ4n) is 5.58. The highest BCUT2D eigenvalue weighted by Gasteiger charge is 2.47. The number of unbranched alkanes of at least 4 members (excludes halogenated alkanes) is 1. The molecule has 1 aromatic carbocycles. The van der Waals surface area contributed by atoms with Crippen LogP contribution < -0.4 is 14.2 Å². The number of sulfonamides is 1. The van der Waals surface area contributed by atoms with Gasteiger partial charge in [-0.25, -0.2) is 13.1 Å². The molecule has 1 aromatic rings. The minimum absolute atomic E-state index is 0.0145. The van der Waals surface area contributed by atoms with Crippen LogP contribution in [0.3, 0.4) is 0 Å². The van der Waals surface area contributed by atoms with Crippen molar-refractivity contribution in [1.82, 2.24) is 19.4 Å². The average molecular weight is 585 g/mol. The number of rotatable bonds is 16. The normalized spacial score (nSPS) is 20.8. The Balaban J connectivity index is 1.89. The number of aliphatic hydroxyl groups excluding tert-OH is 1. The standard InChI is InChI=1S/C27H44N4O8S/c1-5-6-11-30(12-7-10-29(2)3)24(33)16-31-15-21(19-13-20(17-32)26-23(14-19)38-18-39-26)25(27(34)35)22(31)8-9-28-40(4,36)37/h13-14,21-22,25,28,32H,5-12,15-18H2,1-4H3,(H,34,35)/t21-,22+,25-/m1/s1. The number of carbonyl (C=O) groups excluding carboxylic acids is 1. The maximum atomic E-state index is 13.6. The lowest BCUT2D eigenvalue weighted by atomic mass is 9.83. The van der Waals surface area contributed by atoms with Crippen LogP contribution in [0.1, 0.15) is 49.7 Å². The zero-order valence-corrected chi connectivity index (χ0v) is 24.8. The van der Waals surface area contributed by atoms with Crippen molar-refractivity contribution in [3.63, 3.8) is 0 Å². The van der Waals surface area contributed by atoms with E-state index in [9.17, 15) is 28.2 Å². The summed E-state index contributed by atoms with van der Waals surface area (Å²) in [6.07, 6.45) is 3.92. The molecule has 12 nitrogen and oxygen atoms in total. The number of likely N-dealkylation sites (tertiary alicyclic amines) is 1. The van der Waals surface area contributed by atoms with E-state index in [-0.39, 0.29) is 45.4 Å². The molecule has 3 atom stereocenters. The predicted octanol–water partition coefficient (Wildman–Crippen LogP) is 0.896. The van der Waals surface area contributed by atoms with Crippen LogP contribution in [0.5, 0.6) is 11.5 Å². The molecule has 13 heteroatoms. The first kappa shape index (κ1) is 32.1. The van der Waals surface area contributed by atoms with Gasteiger partial charge in [0.05, 0.1) is 25.3 Å². The Morgan fingerprint density at radius 3 is 2.50 bits per heavy atom. The second-order valence-electron chi connectivity index (χ2n) is 10.9. The lowest BCUT2D eigenvalue weighted by Crippen LogP contribution is -2.46. The molecule has 0 spiro atoms. The summed E-state index contributed by atoms with van der Waals surface area (Å²) in [7, 11) is 0.506. The molecular formula is C27H44N4O8S. The summed E-state index contributed by atoms with van der Waals surface area (Å²) in [6, 6.07) is 2.90. The van der Waals surface area contributed by atoms with Gasteiger partial charge in [0.2, 0.25) is 22.7 Å². The number of carboxylic acid groups (broad SMARTS) is 1. The summed E-state index contributed by atoms with van der Waals surface area (Å²) in [5.41, 5.74) is 1.18. The predicted molar refractivity (Wildman–Crippen MR) is 150 cm³/mol. The largest absolute Gasteiger partial charge is 0.481 e. The number of aliphatic carboxylic acids is 1. The first-order valence-corrected chi connectivity index (χ1v) is 15.7. The van der Waals surface area contributed by atoms with Crippen molar-refractivity contribution < 1.29 is 37.7 Å². The third-order valence-electron chi connectivity index (χ3n) is 7.51. The molecule has 0 radical (unpaired) electrons. The minimum atomic E-state index is -3.47. The van der Waals surface area contributed by atoms with Gasteiger partial charge in [0.15, 0.2) is 11.5 Å². The number of nitrogens with one attached hydrogen (secondary N) is 1. The first-order valence-electron chi connectivity index (χ1n) is 13.8. The maximum absolute atomic E-state index is 13.6. The molecule has 1 amide bonds. The van der Waals surface area contributed by atoms with Gasteiger partial charge < -0.3 is 29.5 Å². The van der Waals surface area contributed by atoms with E-state index in [1.165, 1.54) is 0 Å². The number of hydrogen-bond acceptors (Lipinski definition) is 9. The number of carboxylic acids is 1. The number of benzene rings is 1. The third kappa shape index (κ3) is 8.53. The number of amides is 1. The lowest BCUT2D eigenvalue weighted by molar-refractivity contribution is -0.143. The van der Waals surface area contributed by atoms with Crippen molar-refractivity contribution in [3.05, 3.63) is 23.3 Å². The van der Waals surface area contributed by atoms with Crippen LogP contribution in [0.25, 0.3) is 0 Å². The summed E-state index contributed by atoms with van der Waals surface area (Å²) in [5, 5.41) is 20.3. The van der Waals surface area contributed by atoms with Crippen LogP contribution in [-0.2, 0) is 26.2 Å². The molecule has 2 heterocycles. The smallest absolute Gasteiger partial charge is 0.308 e. The number of carbonyl (C=O) groups is 2. The zero-order valence-electron chi connectivity index (χ0n) is 24.0. The Labute approximate surface area is 237 Å². The van der Waals surface area contributed by atoms with E-state index < -0.39 is 33.9 Å². The van der Waals surface area contributed by atoms with Crippen molar-refractivity contribution in [2.24, 2.45) is 5.92 Å². The van der Waals surface area contributed by atoms with Crippen LogP contribution in [0.2, 0.25) is 0 Å². The minimum Gasteiger partial charge on any atom is -0.481 e. The number of fused-ring (bicyclic) bond motifs is 1. The van der Waals surface area contributed by atoms with Gasteiger partial charge in [0.25, 0.3) is 0 Å². The van der Waals surface area contributed by atoms with Gasteiger partial charge in [0.1, 0.15) is 0 Å². The Hall–Kier alpha value is -2.45. The van der Waals surface area contributed by atoms with E-state index in [0.717, 1.165) is 32.1 Å². The molecule has 0 saturated carbocycles. The maximum Gasteiger partial charge on any atom is 0.308 e. The van der Waals surface area contributed by atoms with E-state index in [1.807, 2.05) is 23.9 Å². The molecular weight excluding hydrogens is 540 g/mol. The molecule has 0 unspecified atom stereocenters. The fraction of sp³-hybridized carbons (Fsp3) is 0.704. The number of ether oxygens (including phenoxy) is 2. The molecule has 40 heavy (non-hydrogen) atoms. The molecule has 3 rings (SSSR count). The number of aliphatic hydroxyl groups is 1. The van der Waals surface area contributed by atoms with Crippen LogP contribution in [0.15, 0.2) is 12.1 Å². The molecule has 1 fully saturated rings. The zero-order chi connectivity index (χ0) is 29.4. The van der Waals surface area contributed by atoms with Gasteiger partial charge in [-0.05, 0) is 57.6 Å². The summed E-state index contributed by atoms with van der Waals surface area (Å²) < 4.78 is 36.9. The van der Waals surface area contributed by atoms with E-state index >= 15 is 0 Å². The van der Waals surface area contributed by atoms with E-state index in [1.54, 1.807) is 12.1 Å². The molecule has 3 N–H and O–H groups in total. The van der Waals surface area contributed by atoms with Crippen LogP contribution >= 0.6 is 0 Å². The van der Waals surface area contributed by atoms with E-state index in [0.29, 0.717) is 35.7 Å². The Morgan fingerprint density at radius 1 is 1.15 bits per heavy atom. The Morgan fingerprint density at radius 2 is 1.88 bits per heavy atom. The SMILES string of the molecule is CCCCN(CCCN(C)C)C(=O)CN1C[C@H](c2cc(CO)c3c(c2)OCO3)[C@@H](C(=O)O)[C@@H]1CCNS(C)(=O)=O. The van der Waals surface area contributed by atoms with Crippen molar-refractivity contribution in [1.29, 1.82) is 0 Å². The molecule has 2 aliphatic heterocycles. The van der Waals surface area contributed by atoms with Crippen LogP contribution in [-0.4, -0.2) is 118 Å². The Kier molecular flexibility index (Phi) is 11.6.